The molecule has 0 unspecified atom stereocenters. The number of carbonyl (C=O) groups excluding carboxylic acids is 1. The van der Waals surface area contributed by atoms with E-state index in [1.807, 2.05) is 0 Å². The van der Waals surface area contributed by atoms with Gasteiger partial charge in [-0.2, -0.15) is 0 Å². The average molecular weight is 419 g/mol. The summed E-state index contributed by atoms with van der Waals surface area (Å²) in [6.45, 7) is 2.02. The molecule has 1 N–H and O–H groups in total. The van der Waals surface area contributed by atoms with E-state index in [0.29, 0.717) is 11.6 Å². The van der Waals surface area contributed by atoms with Crippen LogP contribution in [0.15, 0.2) is 29.8 Å². The molecule has 1 amide bonds. The maximum absolute atomic E-state index is 12.5. The molecule has 1 atom stereocenters. The van der Waals surface area contributed by atoms with Crippen molar-refractivity contribution in [2.45, 2.75) is 45.1 Å². The molecular formula is C18H24Cl2N2O3S. The van der Waals surface area contributed by atoms with Gasteiger partial charge < -0.3 is 5.32 Å². The molecule has 5 nitrogen and oxygen atoms in total. The maximum atomic E-state index is 12.5. The highest BCUT2D eigenvalue weighted by Gasteiger charge is 2.30. The van der Waals surface area contributed by atoms with Crippen LogP contribution in [0.25, 0.3) is 0 Å². The van der Waals surface area contributed by atoms with Gasteiger partial charge in [0.05, 0.1) is 17.0 Å². The van der Waals surface area contributed by atoms with Crippen LogP contribution in [0.2, 0.25) is 10.0 Å². The molecule has 0 aromatic heterocycles. The molecule has 0 spiro atoms. The zero-order valence-electron chi connectivity index (χ0n) is 15.0. The predicted octanol–water partition coefficient (Wildman–Crippen LogP) is 4.15. The molecule has 26 heavy (non-hydrogen) atoms. The second kappa shape index (κ2) is 9.11. The van der Waals surface area contributed by atoms with Gasteiger partial charge in [-0.05, 0) is 57.2 Å². The maximum Gasteiger partial charge on any atom is 0.243 e. The zero-order valence-corrected chi connectivity index (χ0v) is 17.3. The van der Waals surface area contributed by atoms with E-state index in [2.05, 4.69) is 11.4 Å². The minimum Gasteiger partial charge on any atom is -0.354 e. The monoisotopic (exact) mass is 418 g/mol. The fourth-order valence-electron chi connectivity index (χ4n) is 3.06. The van der Waals surface area contributed by atoms with E-state index in [1.165, 1.54) is 37.5 Å². The van der Waals surface area contributed by atoms with Crippen LogP contribution in [0.3, 0.4) is 0 Å². The van der Waals surface area contributed by atoms with E-state index < -0.39 is 16.1 Å². The number of rotatable bonds is 7. The number of hydrogen-bond donors (Lipinski definition) is 1. The highest BCUT2D eigenvalue weighted by Crippen LogP contribution is 2.32. The second-order valence-electron chi connectivity index (χ2n) is 6.48. The van der Waals surface area contributed by atoms with Crippen molar-refractivity contribution in [3.8, 4) is 0 Å². The Morgan fingerprint density at radius 1 is 1.31 bits per heavy atom. The summed E-state index contributed by atoms with van der Waals surface area (Å²) in [5.41, 5.74) is 1.54. The highest BCUT2D eigenvalue weighted by atomic mass is 35.5. The van der Waals surface area contributed by atoms with E-state index in [9.17, 15) is 13.2 Å². The number of nitrogens with zero attached hydrogens (tertiary/aromatic N) is 1. The molecule has 2 rings (SSSR count). The SMILES string of the molecule is C[C@H](C(=O)NCCC1=CCCCC1)N(c1cc(Cl)ccc1Cl)S(C)(=O)=O. The van der Waals surface area contributed by atoms with Gasteiger partial charge in [0.15, 0.2) is 0 Å². The van der Waals surface area contributed by atoms with Gasteiger partial charge in [-0.15, -0.1) is 0 Å². The summed E-state index contributed by atoms with van der Waals surface area (Å²) in [6.07, 6.45) is 8.62. The molecule has 1 aliphatic carbocycles. The Labute approximate surface area is 165 Å². The fraction of sp³-hybridized carbons (Fsp3) is 0.500. The normalized spacial score (nSPS) is 15.9. The number of nitrogens with one attached hydrogen (secondary N) is 1. The van der Waals surface area contributed by atoms with Gasteiger partial charge in [0.2, 0.25) is 15.9 Å². The second-order valence-corrected chi connectivity index (χ2v) is 9.18. The molecule has 1 aromatic carbocycles. The first-order chi connectivity index (χ1) is 12.2. The van der Waals surface area contributed by atoms with Crippen molar-refractivity contribution in [2.75, 3.05) is 17.1 Å². The molecule has 0 radical (unpaired) electrons. The van der Waals surface area contributed by atoms with Crippen LogP contribution < -0.4 is 9.62 Å². The largest absolute Gasteiger partial charge is 0.354 e. The lowest BCUT2D eigenvalue weighted by atomic mass is 9.97. The van der Waals surface area contributed by atoms with Gasteiger partial charge in [0.1, 0.15) is 6.04 Å². The number of allylic oxidation sites excluding steroid dienone is 1. The van der Waals surface area contributed by atoms with Crippen molar-refractivity contribution >= 4 is 44.8 Å². The third-order valence-electron chi connectivity index (χ3n) is 4.36. The number of hydrogen-bond acceptors (Lipinski definition) is 3. The summed E-state index contributed by atoms with van der Waals surface area (Å²) in [5, 5.41) is 3.38. The Hall–Kier alpha value is -1.24. The number of benzene rings is 1. The Morgan fingerprint density at radius 3 is 2.65 bits per heavy atom. The number of carbonyl (C=O) groups is 1. The summed E-state index contributed by atoms with van der Waals surface area (Å²) >= 11 is 12.1. The molecule has 1 aliphatic rings. The number of anilines is 1. The van der Waals surface area contributed by atoms with Crippen LogP contribution in [0.5, 0.6) is 0 Å². The Morgan fingerprint density at radius 2 is 2.04 bits per heavy atom. The Kier molecular flexibility index (Phi) is 7.38. The first-order valence-electron chi connectivity index (χ1n) is 8.60. The van der Waals surface area contributed by atoms with Crippen LogP contribution >= 0.6 is 23.2 Å². The first kappa shape index (κ1) is 21.1. The van der Waals surface area contributed by atoms with E-state index >= 15 is 0 Å². The van der Waals surface area contributed by atoms with E-state index in [0.717, 1.165) is 29.8 Å². The standard InChI is InChI=1S/C18H24Cl2N2O3S/c1-13(18(23)21-11-10-14-6-4-3-5-7-14)22(26(2,24)25)17-12-15(19)8-9-16(17)20/h6,8-9,12-13H,3-5,7,10-11H2,1-2H3,(H,21,23)/t13-/m1/s1. The fourth-order valence-corrected chi connectivity index (χ4v) is 4.66. The molecule has 144 valence electrons. The predicted molar refractivity (Wildman–Crippen MR) is 107 cm³/mol. The smallest absolute Gasteiger partial charge is 0.243 e. The van der Waals surface area contributed by atoms with Gasteiger partial charge in [0.25, 0.3) is 0 Å². The van der Waals surface area contributed by atoms with Crippen molar-refractivity contribution in [3.63, 3.8) is 0 Å². The number of sulfonamides is 1. The molecule has 0 heterocycles. The molecular weight excluding hydrogens is 395 g/mol. The van der Waals surface area contributed by atoms with Crippen molar-refractivity contribution < 1.29 is 13.2 Å². The van der Waals surface area contributed by atoms with Gasteiger partial charge in [-0.3, -0.25) is 9.10 Å². The first-order valence-corrected chi connectivity index (χ1v) is 11.2. The van der Waals surface area contributed by atoms with Crippen molar-refractivity contribution in [1.82, 2.24) is 5.32 Å². The number of amides is 1. The van der Waals surface area contributed by atoms with Crippen molar-refractivity contribution in [2.24, 2.45) is 0 Å². The van der Waals surface area contributed by atoms with Crippen LogP contribution in [0, 0.1) is 0 Å². The molecule has 0 saturated carbocycles. The minimum absolute atomic E-state index is 0.194. The van der Waals surface area contributed by atoms with E-state index in [-0.39, 0.29) is 16.6 Å². The molecule has 0 bridgehead atoms. The van der Waals surface area contributed by atoms with Crippen molar-refractivity contribution in [3.05, 3.63) is 39.9 Å². The van der Waals surface area contributed by atoms with E-state index in [1.54, 1.807) is 6.07 Å². The summed E-state index contributed by atoms with van der Waals surface area (Å²) in [4.78, 5) is 12.5. The lowest BCUT2D eigenvalue weighted by Gasteiger charge is -2.29. The van der Waals surface area contributed by atoms with Crippen LogP contribution in [0.1, 0.15) is 39.0 Å². The zero-order chi connectivity index (χ0) is 19.3. The van der Waals surface area contributed by atoms with Gasteiger partial charge >= 0.3 is 0 Å². The summed E-state index contributed by atoms with van der Waals surface area (Å²) in [5.74, 6) is -0.372. The third kappa shape index (κ3) is 5.63. The van der Waals surface area contributed by atoms with E-state index in [4.69, 9.17) is 23.2 Å². The quantitative estimate of drug-likeness (QED) is 0.675. The van der Waals surface area contributed by atoms with Gasteiger partial charge in [-0.25, -0.2) is 8.42 Å². The van der Waals surface area contributed by atoms with Crippen LogP contribution in [-0.4, -0.2) is 33.2 Å². The molecule has 1 aromatic rings. The van der Waals surface area contributed by atoms with Crippen LogP contribution in [-0.2, 0) is 14.8 Å². The number of halogens is 2. The summed E-state index contributed by atoms with van der Waals surface area (Å²) in [7, 11) is -3.73. The summed E-state index contributed by atoms with van der Waals surface area (Å²) < 4.78 is 25.6. The average Bonchev–Trinajstić information content (AvgIpc) is 2.57. The van der Waals surface area contributed by atoms with Gasteiger partial charge in [0, 0.05) is 11.6 Å². The lowest BCUT2D eigenvalue weighted by Crippen LogP contribution is -2.48. The Balaban J connectivity index is 2.11. The molecule has 0 fully saturated rings. The Bertz CT molecular complexity index is 794. The molecule has 0 saturated heterocycles. The minimum atomic E-state index is -3.73. The topological polar surface area (TPSA) is 66.5 Å². The van der Waals surface area contributed by atoms with Crippen molar-refractivity contribution in [1.29, 1.82) is 0 Å². The van der Waals surface area contributed by atoms with Gasteiger partial charge in [-0.1, -0.05) is 34.9 Å². The highest BCUT2D eigenvalue weighted by molar-refractivity contribution is 7.92. The third-order valence-corrected chi connectivity index (χ3v) is 6.15. The lowest BCUT2D eigenvalue weighted by molar-refractivity contribution is -0.121. The summed E-state index contributed by atoms with van der Waals surface area (Å²) in [6, 6.07) is 3.58. The molecule has 8 heteroatoms. The van der Waals surface area contributed by atoms with Crippen LogP contribution in [0.4, 0.5) is 5.69 Å². The molecule has 0 aliphatic heterocycles.